The van der Waals surface area contributed by atoms with Gasteiger partial charge in [-0.3, -0.25) is 0 Å². The highest BCUT2D eigenvalue weighted by Crippen LogP contribution is 2.30. The first-order valence-electron chi connectivity index (χ1n) is 5.33. The molecule has 0 fully saturated rings. The summed E-state index contributed by atoms with van der Waals surface area (Å²) in [4.78, 5) is 4.44. The fraction of sp³-hybridized carbons (Fsp3) is 0.250. The molecule has 1 aromatic heterocycles. The summed E-state index contributed by atoms with van der Waals surface area (Å²) < 4.78 is 5.16. The van der Waals surface area contributed by atoms with E-state index in [1.807, 2.05) is 12.1 Å². The number of ether oxygens (including phenoxy) is 1. The molecule has 0 saturated heterocycles. The molecule has 0 radical (unpaired) electrons. The molecule has 0 spiro atoms. The minimum Gasteiger partial charge on any atom is -0.495 e. The van der Waals surface area contributed by atoms with Crippen LogP contribution >= 0.6 is 11.6 Å². The number of nitrogens with zero attached hydrogens (tertiary/aromatic N) is 1. The highest BCUT2D eigenvalue weighted by molar-refractivity contribution is 6.32. The quantitative estimate of drug-likeness (QED) is 0.651. The van der Waals surface area contributed by atoms with E-state index >= 15 is 0 Å². The number of nitrogens with two attached hydrogens (primary N) is 1. The molecule has 0 aliphatic heterocycles. The summed E-state index contributed by atoms with van der Waals surface area (Å²) in [5, 5.41) is 1.56. The summed E-state index contributed by atoms with van der Waals surface area (Å²) in [5.41, 5.74) is 4.46. The molecule has 0 saturated carbocycles. The standard InChI is InChI=1S/C12H14ClN3O/c1-3-7-4-8-5-9(13)11(17-2)6-10(8)15-12(7)16-14/h4-6H,3,14H2,1-2H3,(H,15,16). The Hall–Kier alpha value is -1.52. The number of hydrogen-bond donors (Lipinski definition) is 2. The van der Waals surface area contributed by atoms with Gasteiger partial charge in [-0.1, -0.05) is 18.5 Å². The van der Waals surface area contributed by atoms with Crippen LogP contribution in [0.5, 0.6) is 5.75 Å². The van der Waals surface area contributed by atoms with Gasteiger partial charge in [0.15, 0.2) is 0 Å². The van der Waals surface area contributed by atoms with Crippen LogP contribution in [0.1, 0.15) is 12.5 Å². The topological polar surface area (TPSA) is 60.2 Å². The Morgan fingerprint density at radius 1 is 1.41 bits per heavy atom. The van der Waals surface area contributed by atoms with Crippen LogP contribution in [0.25, 0.3) is 10.9 Å². The van der Waals surface area contributed by atoms with Crippen molar-refractivity contribution in [1.29, 1.82) is 0 Å². The molecule has 17 heavy (non-hydrogen) atoms. The van der Waals surface area contributed by atoms with Crippen LogP contribution < -0.4 is 16.0 Å². The van der Waals surface area contributed by atoms with Crippen molar-refractivity contribution in [3.05, 3.63) is 28.8 Å². The van der Waals surface area contributed by atoms with Crippen molar-refractivity contribution in [2.24, 2.45) is 5.84 Å². The van der Waals surface area contributed by atoms with E-state index in [4.69, 9.17) is 22.2 Å². The van der Waals surface area contributed by atoms with Gasteiger partial charge in [-0.25, -0.2) is 10.8 Å². The summed E-state index contributed by atoms with van der Waals surface area (Å²) in [5.74, 6) is 6.74. The van der Waals surface area contributed by atoms with Gasteiger partial charge < -0.3 is 10.2 Å². The zero-order valence-electron chi connectivity index (χ0n) is 9.75. The second-order valence-corrected chi connectivity index (χ2v) is 4.08. The number of methoxy groups -OCH3 is 1. The van der Waals surface area contributed by atoms with E-state index in [1.165, 1.54) is 0 Å². The third-order valence-corrected chi connectivity index (χ3v) is 2.98. The Balaban J connectivity index is 2.70. The highest BCUT2D eigenvalue weighted by atomic mass is 35.5. The van der Waals surface area contributed by atoms with Crippen molar-refractivity contribution >= 4 is 28.3 Å². The summed E-state index contributed by atoms with van der Waals surface area (Å²) in [7, 11) is 1.58. The molecule has 0 aliphatic carbocycles. The van der Waals surface area contributed by atoms with Gasteiger partial charge in [0.2, 0.25) is 0 Å². The highest BCUT2D eigenvalue weighted by Gasteiger charge is 2.08. The predicted octanol–water partition coefficient (Wildman–Crippen LogP) is 2.74. The number of rotatable bonds is 3. The van der Waals surface area contributed by atoms with Crippen molar-refractivity contribution < 1.29 is 4.74 Å². The molecule has 0 unspecified atom stereocenters. The Morgan fingerprint density at radius 3 is 2.76 bits per heavy atom. The molecule has 2 rings (SSSR count). The van der Waals surface area contributed by atoms with E-state index in [1.54, 1.807) is 13.2 Å². The van der Waals surface area contributed by atoms with Gasteiger partial charge in [-0.15, -0.1) is 0 Å². The minimum atomic E-state index is 0.581. The lowest BCUT2D eigenvalue weighted by Crippen LogP contribution is -2.11. The van der Waals surface area contributed by atoms with Crippen molar-refractivity contribution in [3.8, 4) is 5.75 Å². The molecular weight excluding hydrogens is 238 g/mol. The number of benzene rings is 1. The average molecular weight is 252 g/mol. The molecule has 90 valence electrons. The fourth-order valence-corrected chi connectivity index (χ4v) is 2.02. The normalized spacial score (nSPS) is 10.6. The van der Waals surface area contributed by atoms with Gasteiger partial charge in [0.25, 0.3) is 0 Å². The molecule has 3 N–H and O–H groups in total. The van der Waals surface area contributed by atoms with Crippen LogP contribution in [0.3, 0.4) is 0 Å². The number of hydrogen-bond acceptors (Lipinski definition) is 4. The second kappa shape index (κ2) is 4.77. The number of halogens is 1. The third-order valence-electron chi connectivity index (χ3n) is 2.68. The van der Waals surface area contributed by atoms with Crippen LogP contribution in [-0.4, -0.2) is 12.1 Å². The van der Waals surface area contributed by atoms with Gasteiger partial charge in [-0.05, 0) is 24.1 Å². The summed E-state index contributed by atoms with van der Waals surface area (Å²) in [6.07, 6.45) is 0.853. The van der Waals surface area contributed by atoms with E-state index < -0.39 is 0 Å². The zero-order valence-corrected chi connectivity index (χ0v) is 10.5. The molecule has 1 aromatic carbocycles. The smallest absolute Gasteiger partial charge is 0.143 e. The van der Waals surface area contributed by atoms with E-state index in [0.717, 1.165) is 22.9 Å². The Morgan fingerprint density at radius 2 is 2.18 bits per heavy atom. The molecule has 0 bridgehead atoms. The number of nitrogens with one attached hydrogen (secondary N) is 1. The van der Waals surface area contributed by atoms with E-state index in [-0.39, 0.29) is 0 Å². The lowest BCUT2D eigenvalue weighted by atomic mass is 10.1. The molecule has 0 aliphatic rings. The van der Waals surface area contributed by atoms with Crippen LogP contribution in [0, 0.1) is 0 Å². The maximum Gasteiger partial charge on any atom is 0.143 e. The van der Waals surface area contributed by atoms with Crippen LogP contribution in [-0.2, 0) is 6.42 Å². The SMILES string of the molecule is CCc1cc2cc(Cl)c(OC)cc2nc1NN. The van der Waals surface area contributed by atoms with Gasteiger partial charge in [-0.2, -0.15) is 0 Å². The van der Waals surface area contributed by atoms with Crippen molar-refractivity contribution in [3.63, 3.8) is 0 Å². The Labute approximate surface area is 105 Å². The first-order valence-corrected chi connectivity index (χ1v) is 5.71. The number of fused-ring (bicyclic) bond motifs is 1. The molecule has 0 amide bonds. The monoisotopic (exact) mass is 251 g/mol. The molecule has 0 atom stereocenters. The summed E-state index contributed by atoms with van der Waals surface area (Å²) in [6, 6.07) is 5.68. The summed E-state index contributed by atoms with van der Waals surface area (Å²) in [6.45, 7) is 2.05. The van der Waals surface area contributed by atoms with Gasteiger partial charge in [0, 0.05) is 11.5 Å². The Bertz CT molecular complexity index is 557. The number of aryl methyl sites for hydroxylation is 1. The first-order chi connectivity index (χ1) is 8.19. The number of pyridine rings is 1. The van der Waals surface area contributed by atoms with E-state index in [2.05, 4.69) is 17.3 Å². The van der Waals surface area contributed by atoms with Gasteiger partial charge in [0.05, 0.1) is 17.6 Å². The summed E-state index contributed by atoms with van der Waals surface area (Å²) >= 11 is 6.08. The molecular formula is C12H14ClN3O. The lowest BCUT2D eigenvalue weighted by molar-refractivity contribution is 0.415. The molecule has 1 heterocycles. The predicted molar refractivity (Wildman–Crippen MR) is 70.5 cm³/mol. The Kier molecular flexibility index (Phi) is 3.36. The van der Waals surface area contributed by atoms with Gasteiger partial charge in [0.1, 0.15) is 11.6 Å². The number of anilines is 1. The lowest BCUT2D eigenvalue weighted by Gasteiger charge is -2.10. The maximum atomic E-state index is 6.08. The molecule has 2 aromatic rings. The first kappa shape index (κ1) is 12.0. The third kappa shape index (κ3) is 2.14. The molecule has 4 nitrogen and oxygen atoms in total. The number of nitrogen functional groups attached to an aromatic ring is 1. The fourth-order valence-electron chi connectivity index (χ4n) is 1.77. The van der Waals surface area contributed by atoms with E-state index in [0.29, 0.717) is 16.6 Å². The average Bonchev–Trinajstić information content (AvgIpc) is 2.36. The van der Waals surface area contributed by atoms with Crippen LogP contribution in [0.2, 0.25) is 5.02 Å². The van der Waals surface area contributed by atoms with Crippen LogP contribution in [0.4, 0.5) is 5.82 Å². The van der Waals surface area contributed by atoms with Crippen LogP contribution in [0.15, 0.2) is 18.2 Å². The number of aromatic nitrogens is 1. The number of hydrazine groups is 1. The zero-order chi connectivity index (χ0) is 12.4. The maximum absolute atomic E-state index is 6.08. The van der Waals surface area contributed by atoms with Gasteiger partial charge >= 0.3 is 0 Å². The largest absolute Gasteiger partial charge is 0.495 e. The van der Waals surface area contributed by atoms with Crippen molar-refractivity contribution in [1.82, 2.24) is 4.98 Å². The van der Waals surface area contributed by atoms with E-state index in [9.17, 15) is 0 Å². The van der Waals surface area contributed by atoms with Crippen molar-refractivity contribution in [2.45, 2.75) is 13.3 Å². The second-order valence-electron chi connectivity index (χ2n) is 3.67. The van der Waals surface area contributed by atoms with Crippen molar-refractivity contribution in [2.75, 3.05) is 12.5 Å². The minimum absolute atomic E-state index is 0.581. The molecule has 5 heteroatoms.